The van der Waals surface area contributed by atoms with Crippen molar-refractivity contribution in [3.05, 3.63) is 0 Å². The van der Waals surface area contributed by atoms with Gasteiger partial charge >= 0.3 is 6.09 Å². The van der Waals surface area contributed by atoms with E-state index in [2.05, 4.69) is 25.8 Å². The lowest BCUT2D eigenvalue weighted by molar-refractivity contribution is -0.0180. The number of hydrogen-bond acceptors (Lipinski definition) is 6. The first-order chi connectivity index (χ1) is 13.1. The molecule has 0 radical (unpaired) electrons. The van der Waals surface area contributed by atoms with Crippen LogP contribution in [-0.2, 0) is 9.47 Å². The predicted octanol–water partition coefficient (Wildman–Crippen LogP) is 1.16. The highest BCUT2D eigenvalue weighted by atomic mass is 127. The zero-order valence-corrected chi connectivity index (χ0v) is 20.9. The minimum Gasteiger partial charge on any atom is -0.444 e. The summed E-state index contributed by atoms with van der Waals surface area (Å²) in [4.78, 5) is 18.3. The standard InChI is InChI=1S/C19H39N5O4.HI/c1-6-20-16(21-8-7-9-22-17(25)28-18(2,3)4)23-14-19(5,26)15-24-10-12-27-13-11-24;/h26H,6-15H2,1-5H3,(H,22,25)(H2,20,21,23);1H. The molecule has 1 atom stereocenters. The third kappa shape index (κ3) is 14.7. The van der Waals surface area contributed by atoms with E-state index in [0.29, 0.717) is 45.4 Å². The SMILES string of the molecule is CCNC(=NCC(C)(O)CN1CCOCC1)NCCCNC(=O)OC(C)(C)C.I. The highest BCUT2D eigenvalue weighted by Crippen LogP contribution is 2.09. The topological polar surface area (TPSA) is 107 Å². The number of rotatable bonds is 9. The van der Waals surface area contributed by atoms with Gasteiger partial charge in [0.1, 0.15) is 5.60 Å². The molecule has 4 N–H and O–H groups in total. The minimum absolute atomic E-state index is 0. The van der Waals surface area contributed by atoms with Gasteiger partial charge in [0.05, 0.1) is 25.4 Å². The van der Waals surface area contributed by atoms with Crippen LogP contribution in [0, 0.1) is 0 Å². The summed E-state index contributed by atoms with van der Waals surface area (Å²) in [5.41, 5.74) is -1.40. The number of alkyl carbamates (subject to hydrolysis) is 1. The van der Waals surface area contributed by atoms with Crippen LogP contribution in [0.5, 0.6) is 0 Å². The molecular formula is C19H40IN5O4. The normalized spacial score (nSPS) is 17.7. The number of ether oxygens (including phenoxy) is 2. The Hall–Kier alpha value is -0.850. The van der Waals surface area contributed by atoms with Gasteiger partial charge in [-0.25, -0.2) is 4.79 Å². The molecule has 1 fully saturated rings. The summed E-state index contributed by atoms with van der Waals surface area (Å²) in [5.74, 6) is 0.655. The van der Waals surface area contributed by atoms with Crippen molar-refractivity contribution in [3.63, 3.8) is 0 Å². The maximum Gasteiger partial charge on any atom is 0.407 e. The van der Waals surface area contributed by atoms with Crippen molar-refractivity contribution in [1.82, 2.24) is 20.9 Å². The second-order valence-electron chi connectivity index (χ2n) is 8.29. The van der Waals surface area contributed by atoms with Crippen molar-refractivity contribution in [2.24, 2.45) is 4.99 Å². The molecule has 1 heterocycles. The Bertz CT molecular complexity index is 491. The maximum absolute atomic E-state index is 11.6. The van der Waals surface area contributed by atoms with Crippen LogP contribution < -0.4 is 16.0 Å². The first-order valence-corrected chi connectivity index (χ1v) is 10.1. The summed E-state index contributed by atoms with van der Waals surface area (Å²) in [5, 5.41) is 19.8. The largest absolute Gasteiger partial charge is 0.444 e. The number of hydrogen-bond donors (Lipinski definition) is 4. The number of guanidine groups is 1. The van der Waals surface area contributed by atoms with E-state index in [4.69, 9.17) is 9.47 Å². The number of nitrogens with zero attached hydrogens (tertiary/aromatic N) is 2. The predicted molar refractivity (Wildman–Crippen MR) is 126 cm³/mol. The van der Waals surface area contributed by atoms with Gasteiger partial charge in [0.25, 0.3) is 0 Å². The van der Waals surface area contributed by atoms with E-state index < -0.39 is 17.3 Å². The number of aliphatic hydroxyl groups is 1. The smallest absolute Gasteiger partial charge is 0.407 e. The number of aliphatic imine (C=N–C) groups is 1. The quantitative estimate of drug-likeness (QED) is 0.154. The molecule has 1 saturated heterocycles. The van der Waals surface area contributed by atoms with Crippen molar-refractivity contribution >= 4 is 36.0 Å². The molecule has 0 aromatic carbocycles. The van der Waals surface area contributed by atoms with Crippen LogP contribution in [0.1, 0.15) is 41.0 Å². The molecule has 0 aromatic heterocycles. The van der Waals surface area contributed by atoms with Crippen LogP contribution >= 0.6 is 24.0 Å². The molecule has 0 saturated carbocycles. The fraction of sp³-hybridized carbons (Fsp3) is 0.895. The number of morpholine rings is 1. The van der Waals surface area contributed by atoms with E-state index in [9.17, 15) is 9.90 Å². The van der Waals surface area contributed by atoms with Gasteiger partial charge in [-0.05, 0) is 41.0 Å². The summed E-state index contributed by atoms with van der Waals surface area (Å²) in [7, 11) is 0. The number of β-amino-alcohol motifs (C(OH)–C–C–N with tert-alkyl or cyclic N) is 1. The van der Waals surface area contributed by atoms with E-state index in [0.717, 1.165) is 26.1 Å². The van der Waals surface area contributed by atoms with Crippen LogP contribution in [0.2, 0.25) is 0 Å². The van der Waals surface area contributed by atoms with E-state index in [1.165, 1.54) is 0 Å². The van der Waals surface area contributed by atoms with Crippen LogP contribution in [0.25, 0.3) is 0 Å². The summed E-state index contributed by atoms with van der Waals surface area (Å²) in [6.07, 6.45) is 0.320. The fourth-order valence-electron chi connectivity index (χ4n) is 2.68. The summed E-state index contributed by atoms with van der Waals surface area (Å²) >= 11 is 0. The van der Waals surface area contributed by atoms with Crippen LogP contribution in [0.4, 0.5) is 4.79 Å². The fourth-order valence-corrected chi connectivity index (χ4v) is 2.68. The lowest BCUT2D eigenvalue weighted by Crippen LogP contribution is -2.48. The first-order valence-electron chi connectivity index (χ1n) is 10.1. The molecular weight excluding hydrogens is 489 g/mol. The highest BCUT2D eigenvalue weighted by Gasteiger charge is 2.25. The van der Waals surface area contributed by atoms with Crippen molar-refractivity contribution in [1.29, 1.82) is 0 Å². The van der Waals surface area contributed by atoms with E-state index in [-0.39, 0.29) is 24.0 Å². The monoisotopic (exact) mass is 529 g/mol. The van der Waals surface area contributed by atoms with Gasteiger partial charge in [0.15, 0.2) is 5.96 Å². The Morgan fingerprint density at radius 3 is 2.34 bits per heavy atom. The molecule has 0 spiro atoms. The number of carbonyl (C=O) groups is 1. The van der Waals surface area contributed by atoms with Gasteiger partial charge in [0.2, 0.25) is 0 Å². The molecule has 1 rings (SSSR count). The average Bonchev–Trinajstić information content (AvgIpc) is 2.58. The number of amides is 1. The Balaban J connectivity index is 0.00000784. The highest BCUT2D eigenvalue weighted by molar-refractivity contribution is 14.0. The van der Waals surface area contributed by atoms with Crippen LogP contribution in [0.15, 0.2) is 4.99 Å². The molecule has 0 bridgehead atoms. The molecule has 29 heavy (non-hydrogen) atoms. The van der Waals surface area contributed by atoms with Crippen molar-refractivity contribution < 1.29 is 19.4 Å². The van der Waals surface area contributed by atoms with Gasteiger partial charge < -0.3 is 30.5 Å². The second kappa shape index (κ2) is 14.2. The van der Waals surface area contributed by atoms with E-state index in [1.54, 1.807) is 6.92 Å². The molecule has 1 aliphatic rings. The molecule has 10 heteroatoms. The Labute approximate surface area is 192 Å². The zero-order chi connectivity index (χ0) is 21.0. The lowest BCUT2D eigenvalue weighted by Gasteiger charge is -2.33. The molecule has 1 unspecified atom stereocenters. The maximum atomic E-state index is 11.6. The van der Waals surface area contributed by atoms with Gasteiger partial charge in [-0.2, -0.15) is 0 Å². The zero-order valence-electron chi connectivity index (χ0n) is 18.5. The van der Waals surface area contributed by atoms with Crippen LogP contribution in [0.3, 0.4) is 0 Å². The Kier molecular flexibility index (Phi) is 13.8. The summed E-state index contributed by atoms with van der Waals surface area (Å²) in [6.45, 7) is 15.1. The number of carbonyl (C=O) groups excluding carboxylic acids is 1. The van der Waals surface area contributed by atoms with Crippen molar-refractivity contribution in [3.8, 4) is 0 Å². The van der Waals surface area contributed by atoms with E-state index >= 15 is 0 Å². The van der Waals surface area contributed by atoms with Gasteiger partial charge in [-0.1, -0.05) is 0 Å². The molecule has 172 valence electrons. The van der Waals surface area contributed by atoms with Crippen molar-refractivity contribution in [2.45, 2.75) is 52.2 Å². The first kappa shape index (κ1) is 28.1. The van der Waals surface area contributed by atoms with Gasteiger partial charge in [0, 0.05) is 39.3 Å². The number of halogens is 1. The third-order valence-corrected chi connectivity index (χ3v) is 3.90. The van der Waals surface area contributed by atoms with Gasteiger partial charge in [-0.3, -0.25) is 9.89 Å². The lowest BCUT2D eigenvalue weighted by atomic mass is 10.1. The third-order valence-electron chi connectivity index (χ3n) is 3.90. The molecule has 1 amide bonds. The summed E-state index contributed by atoms with van der Waals surface area (Å²) in [6, 6.07) is 0. The Morgan fingerprint density at radius 2 is 1.76 bits per heavy atom. The molecule has 1 aliphatic heterocycles. The van der Waals surface area contributed by atoms with Crippen LogP contribution in [-0.4, -0.2) is 92.3 Å². The second-order valence-corrected chi connectivity index (χ2v) is 8.29. The van der Waals surface area contributed by atoms with Gasteiger partial charge in [-0.15, -0.1) is 24.0 Å². The summed E-state index contributed by atoms with van der Waals surface area (Å²) < 4.78 is 10.5. The molecule has 9 nitrogen and oxygen atoms in total. The Morgan fingerprint density at radius 1 is 1.14 bits per heavy atom. The number of nitrogens with one attached hydrogen (secondary N) is 3. The average molecular weight is 529 g/mol. The molecule has 0 aromatic rings. The van der Waals surface area contributed by atoms with E-state index in [1.807, 2.05) is 27.7 Å². The minimum atomic E-state index is -0.905. The molecule has 0 aliphatic carbocycles. The van der Waals surface area contributed by atoms with Crippen molar-refractivity contribution in [2.75, 3.05) is 59.0 Å².